The maximum atomic E-state index is 12.1. The molecule has 5 nitrogen and oxygen atoms in total. The minimum atomic E-state index is -1.63. The number of carboxylic acid groups (broad SMARTS) is 1. The number of amides is 2. The molecule has 1 aromatic carbocycles. The summed E-state index contributed by atoms with van der Waals surface area (Å²) >= 11 is 23.7. The Morgan fingerprint density at radius 1 is 1.11 bits per heavy atom. The van der Waals surface area contributed by atoms with Crippen molar-refractivity contribution < 1.29 is 50.5 Å². The van der Waals surface area contributed by atoms with E-state index < -0.39 is 14.5 Å². The average Bonchev–Trinajstić information content (AvgIpc) is 2.88. The molecule has 0 aromatic heterocycles. The number of nitrogens with zero attached hydrogens (tertiary/aromatic N) is 1. The van der Waals surface area contributed by atoms with E-state index in [1.165, 1.54) is 0 Å². The monoisotopic (exact) mass is 493 g/mol. The second-order valence-corrected chi connectivity index (χ2v) is 9.87. The Morgan fingerprint density at radius 2 is 1.57 bits per heavy atom. The van der Waals surface area contributed by atoms with Crippen LogP contribution in [0.3, 0.4) is 0 Å². The zero-order valence-corrected chi connectivity index (χ0v) is 20.6. The van der Waals surface area contributed by atoms with Crippen molar-refractivity contribution in [3.05, 3.63) is 48.0 Å². The van der Waals surface area contributed by atoms with Crippen LogP contribution in [-0.2, 0) is 9.59 Å². The number of carbonyl (C=O) groups excluding carboxylic acids is 2. The largest absolute Gasteiger partial charge is 1.00 e. The fraction of sp³-hybridized carbons (Fsp3) is 0.353. The van der Waals surface area contributed by atoms with Gasteiger partial charge in [0.15, 0.2) is 4.84 Å². The summed E-state index contributed by atoms with van der Waals surface area (Å²) in [6.07, 6.45) is 4.94. The van der Waals surface area contributed by atoms with Gasteiger partial charge in [-0.2, -0.15) is 0 Å². The van der Waals surface area contributed by atoms with Crippen molar-refractivity contribution in [2.45, 2.75) is 21.3 Å². The van der Waals surface area contributed by atoms with E-state index in [1.807, 2.05) is 12.2 Å². The Balaban J connectivity index is 0.000000610. The SMILES string of the molecule is O=C(O)c1ccccc1.O=C1C2CC=CCC2C(=O)N1SC(Cl)(Cl)C(Cl)Cl.[H-].[Na+]. The van der Waals surface area contributed by atoms with E-state index in [4.69, 9.17) is 51.5 Å². The van der Waals surface area contributed by atoms with Crippen LogP contribution in [0.5, 0.6) is 0 Å². The van der Waals surface area contributed by atoms with E-state index in [2.05, 4.69) is 0 Å². The summed E-state index contributed by atoms with van der Waals surface area (Å²) in [6.45, 7) is 0. The first kappa shape index (κ1) is 26.1. The molecule has 11 heteroatoms. The molecule has 0 spiro atoms. The number of rotatable bonds is 4. The van der Waals surface area contributed by atoms with Crippen molar-refractivity contribution >= 4 is 76.1 Å². The van der Waals surface area contributed by atoms with Crippen LogP contribution in [0, 0.1) is 11.8 Å². The first-order chi connectivity index (χ1) is 12.6. The molecule has 1 heterocycles. The van der Waals surface area contributed by atoms with E-state index in [0.29, 0.717) is 30.4 Å². The third-order valence-corrected chi connectivity index (χ3v) is 7.19. The van der Waals surface area contributed by atoms with Gasteiger partial charge in [-0.3, -0.25) is 9.59 Å². The summed E-state index contributed by atoms with van der Waals surface area (Å²) in [5.74, 6) is -2.07. The van der Waals surface area contributed by atoms with E-state index in [-0.39, 0.29) is 54.6 Å². The van der Waals surface area contributed by atoms with Crippen molar-refractivity contribution in [1.82, 2.24) is 4.31 Å². The average molecular weight is 495 g/mol. The molecule has 1 saturated heterocycles. The molecule has 2 amide bonds. The van der Waals surface area contributed by atoms with Gasteiger partial charge in [-0.05, 0) is 25.0 Å². The van der Waals surface area contributed by atoms with Gasteiger partial charge in [-0.1, -0.05) is 53.6 Å². The number of hydrogen-bond acceptors (Lipinski definition) is 4. The molecule has 2 atom stereocenters. The van der Waals surface area contributed by atoms with Gasteiger partial charge < -0.3 is 6.53 Å². The molecule has 3 rings (SSSR count). The third-order valence-electron chi connectivity index (χ3n) is 3.95. The van der Waals surface area contributed by atoms with Crippen molar-refractivity contribution in [1.29, 1.82) is 0 Å². The Hall–Kier alpha value is 0.0800. The van der Waals surface area contributed by atoms with E-state index in [1.54, 1.807) is 30.3 Å². The minimum absolute atomic E-state index is 0. The van der Waals surface area contributed by atoms with Crippen LogP contribution in [0.4, 0.5) is 0 Å². The number of hydrogen-bond donors (Lipinski definition) is 1. The number of benzene rings is 1. The predicted molar refractivity (Wildman–Crippen MR) is 109 cm³/mol. The number of allylic oxidation sites excluding steroid dienone is 2. The number of imide groups is 1. The Kier molecular flexibility index (Phi) is 10.7. The van der Waals surface area contributed by atoms with Gasteiger partial charge >= 0.3 is 35.5 Å². The predicted octanol–water partition coefficient (Wildman–Crippen LogP) is 2.02. The molecule has 2 unspecified atom stereocenters. The summed E-state index contributed by atoms with van der Waals surface area (Å²) in [6, 6.07) is 8.30. The molecular weight excluding hydrogens is 479 g/mol. The second-order valence-electron chi connectivity index (χ2n) is 5.75. The fourth-order valence-electron chi connectivity index (χ4n) is 2.60. The van der Waals surface area contributed by atoms with Gasteiger partial charge in [-0.25, -0.2) is 9.10 Å². The van der Waals surface area contributed by atoms with Crippen LogP contribution < -0.4 is 29.6 Å². The number of alkyl halides is 4. The van der Waals surface area contributed by atoms with Gasteiger partial charge in [0, 0.05) is 11.9 Å². The summed E-state index contributed by atoms with van der Waals surface area (Å²) in [7, 11) is 0. The second kappa shape index (κ2) is 11.5. The molecule has 1 aromatic rings. The van der Waals surface area contributed by atoms with Crippen LogP contribution in [0.2, 0.25) is 0 Å². The van der Waals surface area contributed by atoms with Crippen LogP contribution >= 0.6 is 58.4 Å². The smallest absolute Gasteiger partial charge is 1.00 e. The summed E-state index contributed by atoms with van der Waals surface area (Å²) < 4.78 is -0.630. The summed E-state index contributed by atoms with van der Waals surface area (Å²) in [5, 5.41) is 8.38. The van der Waals surface area contributed by atoms with Crippen molar-refractivity contribution in [2.24, 2.45) is 11.8 Å². The zero-order chi connectivity index (χ0) is 20.2. The first-order valence-corrected chi connectivity index (χ1v) is 10.2. The Labute approximate surface area is 210 Å². The summed E-state index contributed by atoms with van der Waals surface area (Å²) in [5.41, 5.74) is 0.331. The summed E-state index contributed by atoms with van der Waals surface area (Å²) in [4.78, 5) is 33.3. The van der Waals surface area contributed by atoms with Gasteiger partial charge in [0.2, 0.25) is 15.5 Å². The number of aromatic carboxylic acids is 1. The number of halogens is 4. The fourth-order valence-corrected chi connectivity index (χ4v) is 4.03. The molecule has 0 saturated carbocycles. The van der Waals surface area contributed by atoms with Crippen molar-refractivity contribution in [3.8, 4) is 0 Å². The molecule has 0 bridgehead atoms. The maximum absolute atomic E-state index is 12.1. The van der Waals surface area contributed by atoms with Crippen LogP contribution in [0.25, 0.3) is 0 Å². The van der Waals surface area contributed by atoms with Crippen molar-refractivity contribution in [2.75, 3.05) is 0 Å². The number of fused-ring (bicyclic) bond motifs is 1. The van der Waals surface area contributed by atoms with Gasteiger partial charge in [0.25, 0.3) is 0 Å². The molecule has 28 heavy (non-hydrogen) atoms. The van der Waals surface area contributed by atoms with E-state index in [9.17, 15) is 14.4 Å². The molecule has 0 radical (unpaired) electrons. The molecule has 1 aliphatic carbocycles. The quantitative estimate of drug-likeness (QED) is 0.228. The van der Waals surface area contributed by atoms with Gasteiger partial charge in [0.1, 0.15) is 0 Å². The number of carboxylic acids is 1. The minimum Gasteiger partial charge on any atom is -1.00 e. The standard InChI is InChI=1S/C10H9Cl4NO2S.C7H6O2.Na.H/c11-9(12)10(13,14)18-15-7(16)5-3-1-2-4-6(5)8(15)17;8-7(9)6-4-2-1-3-5-6;;/h1-2,5-6,9H,3-4H2;1-5H,(H,8,9);;/q;;+1;-1. The molecule has 1 aliphatic heterocycles. The first-order valence-electron chi connectivity index (χ1n) is 7.81. The van der Waals surface area contributed by atoms with Crippen LogP contribution in [0.1, 0.15) is 24.6 Å². The third kappa shape index (κ3) is 6.54. The molecular formula is C17H16Cl4NNaO4S. The topological polar surface area (TPSA) is 74.7 Å². The number of carbonyl (C=O) groups is 3. The molecule has 1 fully saturated rings. The Morgan fingerprint density at radius 3 is 1.93 bits per heavy atom. The molecule has 2 aliphatic rings. The molecule has 148 valence electrons. The molecule has 1 N–H and O–H groups in total. The normalized spacial score (nSPS) is 21.0. The van der Waals surface area contributed by atoms with Crippen LogP contribution in [0.15, 0.2) is 42.5 Å². The van der Waals surface area contributed by atoms with Crippen LogP contribution in [-0.4, -0.2) is 35.7 Å². The Bertz CT molecular complexity index is 728. The van der Waals surface area contributed by atoms with Gasteiger partial charge in [0.05, 0.1) is 17.4 Å². The zero-order valence-electron chi connectivity index (χ0n) is 15.7. The van der Waals surface area contributed by atoms with Gasteiger partial charge in [-0.15, -0.1) is 23.2 Å². The maximum Gasteiger partial charge on any atom is 1.00 e. The van der Waals surface area contributed by atoms with Crippen molar-refractivity contribution in [3.63, 3.8) is 0 Å². The van der Waals surface area contributed by atoms with E-state index in [0.717, 1.165) is 4.31 Å². The van der Waals surface area contributed by atoms with E-state index >= 15 is 0 Å².